The highest BCUT2D eigenvalue weighted by molar-refractivity contribution is 6.37. The van der Waals surface area contributed by atoms with Crippen LogP contribution in [0.15, 0.2) is 18.5 Å². The van der Waals surface area contributed by atoms with E-state index >= 15 is 0 Å². The van der Waals surface area contributed by atoms with Crippen LogP contribution in [-0.4, -0.2) is 20.8 Å². The maximum Gasteiger partial charge on any atom is 0.258 e. The van der Waals surface area contributed by atoms with E-state index in [-0.39, 0.29) is 16.5 Å². The summed E-state index contributed by atoms with van der Waals surface area (Å²) in [7, 11) is 1.70. The molecule has 100 valence electrons. The average Bonchev–Trinajstić information content (AvgIpc) is 2.80. The summed E-state index contributed by atoms with van der Waals surface area (Å²) < 4.78 is 1.50. The van der Waals surface area contributed by atoms with Crippen LogP contribution in [0.2, 0.25) is 10.0 Å². The molecule has 1 amide bonds. The molecule has 7 heteroatoms. The molecule has 0 fully saturated rings. The van der Waals surface area contributed by atoms with Gasteiger partial charge in [-0.3, -0.25) is 9.48 Å². The molecule has 19 heavy (non-hydrogen) atoms. The summed E-state index contributed by atoms with van der Waals surface area (Å²) in [6.07, 6.45) is 2.98. The predicted octanol–water partition coefficient (Wildman–Crippen LogP) is 2.99. The third-order valence-electron chi connectivity index (χ3n) is 2.64. The highest BCUT2D eigenvalue weighted by Gasteiger charge is 2.16. The lowest BCUT2D eigenvalue weighted by Crippen LogP contribution is -2.11. The van der Waals surface area contributed by atoms with Gasteiger partial charge in [-0.15, -0.1) is 0 Å². The Balaban J connectivity index is 2.32. The summed E-state index contributed by atoms with van der Waals surface area (Å²) in [4.78, 5) is 11.9. The Morgan fingerprint density at radius 2 is 2.16 bits per heavy atom. The number of nitrogens with one attached hydrogen (secondary N) is 1. The zero-order chi connectivity index (χ0) is 14.2. The number of carbonyl (C=O) groups is 1. The molecule has 0 aliphatic carbocycles. The number of carbonyl (C=O) groups excluding carboxylic acids is 1. The minimum atomic E-state index is -0.403. The summed E-state index contributed by atoms with van der Waals surface area (Å²) in [6, 6.07) is 1.45. The molecule has 0 radical (unpaired) electrons. The van der Waals surface area contributed by atoms with Crippen LogP contribution in [0, 0.1) is 6.92 Å². The lowest BCUT2D eigenvalue weighted by atomic mass is 10.2. The Kier molecular flexibility index (Phi) is 3.68. The zero-order valence-corrected chi connectivity index (χ0v) is 11.7. The summed E-state index contributed by atoms with van der Waals surface area (Å²) in [6.45, 7) is 1.68. The molecule has 0 aliphatic rings. The van der Waals surface area contributed by atoms with Gasteiger partial charge < -0.3 is 10.4 Å². The maximum atomic E-state index is 11.9. The largest absolute Gasteiger partial charge is 0.504 e. The molecule has 0 unspecified atom stereocenters. The van der Waals surface area contributed by atoms with Crippen LogP contribution in [0.4, 0.5) is 5.69 Å². The van der Waals surface area contributed by atoms with Gasteiger partial charge in [0.2, 0.25) is 0 Å². The number of nitrogens with zero attached hydrogens (tertiary/aromatic N) is 2. The minimum Gasteiger partial charge on any atom is -0.504 e. The molecule has 2 rings (SSSR count). The molecular formula is C12H11Cl2N3O2. The Labute approximate surface area is 119 Å². The number of aromatic hydroxyl groups is 1. The van der Waals surface area contributed by atoms with Crippen LogP contribution in [0.5, 0.6) is 5.75 Å². The normalized spacial score (nSPS) is 10.5. The van der Waals surface area contributed by atoms with Crippen LogP contribution in [0.3, 0.4) is 0 Å². The van der Waals surface area contributed by atoms with E-state index in [2.05, 4.69) is 10.4 Å². The van der Waals surface area contributed by atoms with Crippen molar-refractivity contribution in [2.45, 2.75) is 6.92 Å². The van der Waals surface area contributed by atoms with E-state index in [0.717, 1.165) is 0 Å². The molecule has 1 heterocycles. The molecule has 0 saturated carbocycles. The molecule has 0 aliphatic heterocycles. The Morgan fingerprint density at radius 3 is 2.74 bits per heavy atom. The zero-order valence-electron chi connectivity index (χ0n) is 10.2. The second-order valence-electron chi connectivity index (χ2n) is 4.05. The van der Waals surface area contributed by atoms with Crippen LogP contribution < -0.4 is 5.32 Å². The number of halogens is 2. The first kappa shape index (κ1) is 13.7. The first-order valence-corrected chi connectivity index (χ1v) is 6.13. The Hall–Kier alpha value is -1.72. The van der Waals surface area contributed by atoms with E-state index in [9.17, 15) is 9.90 Å². The smallest absolute Gasteiger partial charge is 0.258 e. The van der Waals surface area contributed by atoms with Crippen molar-refractivity contribution in [2.75, 3.05) is 5.32 Å². The van der Waals surface area contributed by atoms with Gasteiger partial charge in [0.05, 0.1) is 22.5 Å². The fourth-order valence-electron chi connectivity index (χ4n) is 1.53. The maximum absolute atomic E-state index is 11.9. The van der Waals surface area contributed by atoms with Gasteiger partial charge >= 0.3 is 0 Å². The molecule has 5 nitrogen and oxygen atoms in total. The van der Waals surface area contributed by atoms with E-state index in [1.165, 1.54) is 16.9 Å². The third-order valence-corrected chi connectivity index (χ3v) is 3.49. The Morgan fingerprint density at radius 1 is 1.47 bits per heavy atom. The van der Waals surface area contributed by atoms with Gasteiger partial charge in [0.15, 0.2) is 5.75 Å². The van der Waals surface area contributed by atoms with Gasteiger partial charge in [-0.1, -0.05) is 23.2 Å². The van der Waals surface area contributed by atoms with E-state index in [0.29, 0.717) is 16.1 Å². The number of hydrogen-bond acceptors (Lipinski definition) is 3. The van der Waals surface area contributed by atoms with Gasteiger partial charge in [-0.05, 0) is 18.6 Å². The van der Waals surface area contributed by atoms with Crippen molar-refractivity contribution in [2.24, 2.45) is 7.05 Å². The summed E-state index contributed by atoms with van der Waals surface area (Å²) in [5.41, 5.74) is 1.09. The summed E-state index contributed by atoms with van der Waals surface area (Å²) >= 11 is 11.9. The first-order valence-electron chi connectivity index (χ1n) is 5.37. The first-order chi connectivity index (χ1) is 8.90. The van der Waals surface area contributed by atoms with Crippen molar-refractivity contribution in [3.63, 3.8) is 0 Å². The fourth-order valence-corrected chi connectivity index (χ4v) is 1.99. The fraction of sp³-hybridized carbons (Fsp3) is 0.167. The molecule has 0 atom stereocenters. The predicted molar refractivity (Wildman–Crippen MR) is 74.0 cm³/mol. The molecule has 0 spiro atoms. The lowest BCUT2D eigenvalue weighted by molar-refractivity contribution is 0.102. The van der Waals surface area contributed by atoms with Gasteiger partial charge in [0.25, 0.3) is 5.91 Å². The van der Waals surface area contributed by atoms with Gasteiger partial charge in [-0.2, -0.15) is 5.10 Å². The van der Waals surface area contributed by atoms with Crippen molar-refractivity contribution in [1.29, 1.82) is 0 Å². The van der Waals surface area contributed by atoms with E-state index in [1.807, 2.05) is 0 Å². The van der Waals surface area contributed by atoms with Crippen molar-refractivity contribution < 1.29 is 9.90 Å². The third kappa shape index (κ3) is 2.67. The standard InChI is InChI=1S/C12H11Cl2N3O2/c1-6-8(13)3-9(11(18)10(6)14)16-12(19)7-4-15-17(2)5-7/h3-5,18H,1-2H3,(H,16,19). The van der Waals surface area contributed by atoms with Gasteiger partial charge in [0.1, 0.15) is 0 Å². The van der Waals surface area contributed by atoms with Gasteiger partial charge in [0, 0.05) is 18.3 Å². The number of anilines is 1. The van der Waals surface area contributed by atoms with Crippen molar-refractivity contribution in [3.05, 3.63) is 39.6 Å². The highest BCUT2D eigenvalue weighted by atomic mass is 35.5. The van der Waals surface area contributed by atoms with E-state index < -0.39 is 5.91 Å². The van der Waals surface area contributed by atoms with Crippen molar-refractivity contribution >= 4 is 34.8 Å². The Bertz CT molecular complexity index is 653. The number of aromatic nitrogens is 2. The van der Waals surface area contributed by atoms with E-state index in [4.69, 9.17) is 23.2 Å². The highest BCUT2D eigenvalue weighted by Crippen LogP contribution is 2.38. The number of phenolic OH excluding ortho intramolecular Hbond substituents is 1. The average molecular weight is 300 g/mol. The number of rotatable bonds is 2. The molecule has 2 aromatic rings. The molecular weight excluding hydrogens is 289 g/mol. The molecule has 0 bridgehead atoms. The summed E-state index contributed by atoms with van der Waals surface area (Å²) in [5.74, 6) is -0.611. The number of benzene rings is 1. The van der Waals surface area contributed by atoms with Crippen molar-refractivity contribution in [3.8, 4) is 5.75 Å². The van der Waals surface area contributed by atoms with Crippen LogP contribution in [0.25, 0.3) is 0 Å². The molecule has 1 aromatic carbocycles. The quantitative estimate of drug-likeness (QED) is 0.838. The molecule has 2 N–H and O–H groups in total. The number of amides is 1. The summed E-state index contributed by atoms with van der Waals surface area (Å²) in [5, 5.41) is 16.8. The lowest BCUT2D eigenvalue weighted by Gasteiger charge is -2.10. The molecule has 1 aromatic heterocycles. The van der Waals surface area contributed by atoms with Crippen LogP contribution in [-0.2, 0) is 7.05 Å². The monoisotopic (exact) mass is 299 g/mol. The number of hydrogen-bond donors (Lipinski definition) is 2. The minimum absolute atomic E-state index is 0.119. The van der Waals surface area contributed by atoms with Crippen LogP contribution >= 0.6 is 23.2 Å². The van der Waals surface area contributed by atoms with Crippen molar-refractivity contribution in [1.82, 2.24) is 9.78 Å². The van der Waals surface area contributed by atoms with Crippen LogP contribution in [0.1, 0.15) is 15.9 Å². The number of aryl methyl sites for hydroxylation is 1. The molecule has 0 saturated heterocycles. The van der Waals surface area contributed by atoms with Gasteiger partial charge in [-0.25, -0.2) is 0 Å². The topological polar surface area (TPSA) is 67.2 Å². The van der Waals surface area contributed by atoms with E-state index in [1.54, 1.807) is 20.2 Å². The second kappa shape index (κ2) is 5.11. The second-order valence-corrected chi connectivity index (χ2v) is 4.84. The number of phenols is 1. The SMILES string of the molecule is Cc1c(Cl)cc(NC(=O)c2cnn(C)c2)c(O)c1Cl.